The largest absolute Gasteiger partial charge is 0.241 e. The smallest absolute Gasteiger partial charge is 0.0969 e. The Morgan fingerprint density at radius 3 is 2.92 bits per heavy atom. The minimum absolute atomic E-state index is 0.768. The highest BCUT2D eigenvalue weighted by atomic mass is 79.9. The van der Waals surface area contributed by atoms with Gasteiger partial charge in [0.1, 0.15) is 0 Å². The first-order valence-electron chi connectivity index (χ1n) is 4.39. The van der Waals surface area contributed by atoms with Gasteiger partial charge in [-0.15, -0.1) is 11.3 Å². The molecule has 1 heterocycles. The van der Waals surface area contributed by atoms with Gasteiger partial charge in [-0.25, -0.2) is 4.98 Å². The summed E-state index contributed by atoms with van der Waals surface area (Å²) in [5, 5.41) is 1.32. The third kappa shape index (κ3) is 1.30. The van der Waals surface area contributed by atoms with Crippen LogP contribution in [0, 0.1) is 0 Å². The van der Waals surface area contributed by atoms with Crippen LogP contribution in [0.15, 0.2) is 22.7 Å². The first kappa shape index (κ1) is 7.94. The van der Waals surface area contributed by atoms with E-state index in [0.717, 1.165) is 11.4 Å². The van der Waals surface area contributed by atoms with Gasteiger partial charge < -0.3 is 0 Å². The molecule has 1 aromatic heterocycles. The molecule has 0 spiro atoms. The van der Waals surface area contributed by atoms with Crippen LogP contribution in [0.2, 0.25) is 0 Å². The summed E-state index contributed by atoms with van der Waals surface area (Å²) in [6.45, 7) is 0. The van der Waals surface area contributed by atoms with Crippen molar-refractivity contribution < 1.29 is 0 Å². The Morgan fingerprint density at radius 2 is 2.23 bits per heavy atom. The maximum atomic E-state index is 4.62. The minimum atomic E-state index is 0.768. The van der Waals surface area contributed by atoms with Crippen molar-refractivity contribution in [2.24, 2.45) is 0 Å². The van der Waals surface area contributed by atoms with Gasteiger partial charge in [0.2, 0.25) is 0 Å². The molecule has 1 aliphatic rings. The van der Waals surface area contributed by atoms with Crippen molar-refractivity contribution >= 4 is 37.5 Å². The molecule has 1 aliphatic carbocycles. The molecule has 1 fully saturated rings. The third-order valence-electron chi connectivity index (χ3n) is 2.31. The summed E-state index contributed by atoms with van der Waals surface area (Å²) < 4.78 is 2.47. The Kier molecular flexibility index (Phi) is 1.70. The van der Waals surface area contributed by atoms with E-state index in [-0.39, 0.29) is 0 Å². The van der Waals surface area contributed by atoms with Crippen LogP contribution in [0.1, 0.15) is 23.8 Å². The summed E-state index contributed by atoms with van der Waals surface area (Å²) in [4.78, 5) is 4.62. The molecule has 0 amide bonds. The second-order valence-corrected chi connectivity index (χ2v) is 5.30. The number of halogens is 1. The third-order valence-corrected chi connectivity index (χ3v) is 4.50. The summed E-state index contributed by atoms with van der Waals surface area (Å²) in [5.41, 5.74) is 1.14. The molecular weight excluding hydrogens is 246 g/mol. The molecule has 3 heteroatoms. The second-order valence-electron chi connectivity index (χ2n) is 3.41. The molecule has 1 nitrogen and oxygen atoms in total. The molecule has 0 bridgehead atoms. The van der Waals surface area contributed by atoms with Crippen LogP contribution in [-0.4, -0.2) is 4.98 Å². The van der Waals surface area contributed by atoms with Gasteiger partial charge in [-0.05, 0) is 40.9 Å². The summed E-state index contributed by atoms with van der Waals surface area (Å²) in [5.74, 6) is 0.768. The summed E-state index contributed by atoms with van der Waals surface area (Å²) >= 11 is 5.39. The van der Waals surface area contributed by atoms with E-state index in [1.54, 1.807) is 0 Å². The van der Waals surface area contributed by atoms with Gasteiger partial charge in [0.05, 0.1) is 15.2 Å². The van der Waals surface area contributed by atoms with Crippen molar-refractivity contribution in [2.75, 3.05) is 0 Å². The van der Waals surface area contributed by atoms with Gasteiger partial charge in [0.25, 0.3) is 0 Å². The molecule has 0 atom stereocenters. The highest BCUT2D eigenvalue weighted by molar-refractivity contribution is 9.10. The van der Waals surface area contributed by atoms with E-state index in [0.29, 0.717) is 0 Å². The van der Waals surface area contributed by atoms with Gasteiger partial charge in [0.15, 0.2) is 0 Å². The van der Waals surface area contributed by atoms with Crippen LogP contribution < -0.4 is 0 Å². The number of hydrogen-bond donors (Lipinski definition) is 0. The van der Waals surface area contributed by atoms with Crippen molar-refractivity contribution in [2.45, 2.75) is 18.8 Å². The fraction of sp³-hybridized carbons (Fsp3) is 0.300. The highest BCUT2D eigenvalue weighted by Gasteiger charge is 2.27. The zero-order chi connectivity index (χ0) is 8.84. The zero-order valence-electron chi connectivity index (χ0n) is 6.96. The van der Waals surface area contributed by atoms with Gasteiger partial charge in [-0.2, -0.15) is 0 Å². The molecule has 0 aliphatic heterocycles. The molecule has 0 unspecified atom stereocenters. The van der Waals surface area contributed by atoms with E-state index in [1.807, 2.05) is 17.4 Å². The standard InChI is InChI=1S/C10H8BrNS/c11-7-2-1-3-8-9(7)13-10(12-8)6-4-5-6/h1-3,6H,4-5H2. The Bertz CT molecular complexity index is 459. The number of thiazole rings is 1. The van der Waals surface area contributed by atoms with E-state index in [1.165, 1.54) is 27.0 Å². The number of aromatic nitrogens is 1. The van der Waals surface area contributed by atoms with Crippen molar-refractivity contribution in [3.8, 4) is 0 Å². The van der Waals surface area contributed by atoms with Gasteiger partial charge in [0, 0.05) is 10.4 Å². The number of benzene rings is 1. The topological polar surface area (TPSA) is 12.9 Å². The molecule has 13 heavy (non-hydrogen) atoms. The van der Waals surface area contributed by atoms with Crippen LogP contribution in [0.25, 0.3) is 10.2 Å². The number of hydrogen-bond acceptors (Lipinski definition) is 2. The minimum Gasteiger partial charge on any atom is -0.241 e. The van der Waals surface area contributed by atoms with Crippen LogP contribution in [-0.2, 0) is 0 Å². The Balaban J connectivity index is 2.26. The van der Waals surface area contributed by atoms with Crippen LogP contribution in [0.5, 0.6) is 0 Å². The molecule has 0 saturated heterocycles. The summed E-state index contributed by atoms with van der Waals surface area (Å²) in [6.07, 6.45) is 2.66. The van der Waals surface area contributed by atoms with Gasteiger partial charge in [-0.1, -0.05) is 6.07 Å². The molecule has 0 N–H and O–H groups in total. The van der Waals surface area contributed by atoms with Crippen molar-refractivity contribution in [3.63, 3.8) is 0 Å². The maximum absolute atomic E-state index is 4.62. The number of rotatable bonds is 1. The molecule has 66 valence electrons. The Morgan fingerprint density at radius 1 is 1.38 bits per heavy atom. The SMILES string of the molecule is Brc1cccc2nc(C3CC3)sc12. The van der Waals surface area contributed by atoms with Crippen molar-refractivity contribution in [1.29, 1.82) is 0 Å². The first-order valence-corrected chi connectivity index (χ1v) is 6.00. The maximum Gasteiger partial charge on any atom is 0.0969 e. The Hall–Kier alpha value is -0.410. The lowest BCUT2D eigenvalue weighted by Gasteiger charge is -1.88. The first-order chi connectivity index (χ1) is 6.34. The molecule has 2 aromatic rings. The summed E-state index contributed by atoms with van der Waals surface area (Å²) in [6, 6.07) is 6.21. The normalized spacial score (nSPS) is 16.7. The molecule has 3 rings (SSSR count). The van der Waals surface area contributed by atoms with Crippen LogP contribution >= 0.6 is 27.3 Å². The fourth-order valence-corrected chi connectivity index (χ4v) is 3.18. The zero-order valence-corrected chi connectivity index (χ0v) is 9.36. The van der Waals surface area contributed by atoms with E-state index in [2.05, 4.69) is 33.0 Å². The predicted molar refractivity (Wildman–Crippen MR) is 59.3 cm³/mol. The monoisotopic (exact) mass is 253 g/mol. The average Bonchev–Trinajstić information content (AvgIpc) is 2.87. The molecule has 0 radical (unpaired) electrons. The number of fused-ring (bicyclic) bond motifs is 1. The van der Waals surface area contributed by atoms with Gasteiger partial charge >= 0.3 is 0 Å². The van der Waals surface area contributed by atoms with E-state index in [9.17, 15) is 0 Å². The second kappa shape index (κ2) is 2.79. The fourth-order valence-electron chi connectivity index (χ4n) is 1.44. The quantitative estimate of drug-likeness (QED) is 0.751. The number of nitrogens with zero attached hydrogens (tertiary/aromatic N) is 1. The van der Waals surface area contributed by atoms with Crippen molar-refractivity contribution in [3.05, 3.63) is 27.7 Å². The molecule has 1 saturated carbocycles. The predicted octanol–water partition coefficient (Wildman–Crippen LogP) is 3.94. The van der Waals surface area contributed by atoms with Gasteiger partial charge in [-0.3, -0.25) is 0 Å². The summed E-state index contributed by atoms with van der Waals surface area (Å²) in [7, 11) is 0. The average molecular weight is 254 g/mol. The highest BCUT2D eigenvalue weighted by Crippen LogP contribution is 2.44. The Labute approximate surface area is 88.9 Å². The van der Waals surface area contributed by atoms with E-state index >= 15 is 0 Å². The van der Waals surface area contributed by atoms with Crippen LogP contribution in [0.3, 0.4) is 0 Å². The lowest BCUT2D eigenvalue weighted by Crippen LogP contribution is -1.73. The lowest BCUT2D eigenvalue weighted by atomic mass is 10.3. The van der Waals surface area contributed by atoms with E-state index in [4.69, 9.17) is 0 Å². The van der Waals surface area contributed by atoms with E-state index < -0.39 is 0 Å². The lowest BCUT2D eigenvalue weighted by molar-refractivity contribution is 1.10. The molecular formula is C10H8BrNS. The molecule has 1 aromatic carbocycles. The van der Waals surface area contributed by atoms with Crippen molar-refractivity contribution in [1.82, 2.24) is 4.98 Å². The van der Waals surface area contributed by atoms with Crippen LogP contribution in [0.4, 0.5) is 0 Å².